The summed E-state index contributed by atoms with van der Waals surface area (Å²) in [6, 6.07) is 13.5. The van der Waals surface area contributed by atoms with Crippen LogP contribution in [0.2, 0.25) is 0 Å². The number of hydrogen-bond acceptors (Lipinski definition) is 3. The first-order valence-corrected chi connectivity index (χ1v) is 10.3. The number of aromatic nitrogens is 1. The predicted molar refractivity (Wildman–Crippen MR) is 112 cm³/mol. The number of nitrogens with one attached hydrogen (secondary N) is 2. The van der Waals surface area contributed by atoms with Crippen molar-refractivity contribution in [1.29, 1.82) is 0 Å². The molecule has 140 valence electrons. The highest BCUT2D eigenvalue weighted by atomic mass is 32.2. The van der Waals surface area contributed by atoms with Crippen LogP contribution in [0.5, 0.6) is 0 Å². The second-order valence-electron chi connectivity index (χ2n) is 6.04. The molecular formula is C20H28N4OS. The molecular weight excluding hydrogens is 344 g/mol. The van der Waals surface area contributed by atoms with Crippen molar-refractivity contribution in [2.45, 2.75) is 25.9 Å². The highest BCUT2D eigenvalue weighted by molar-refractivity contribution is 7.98. The summed E-state index contributed by atoms with van der Waals surface area (Å²) < 4.78 is 1.70. The van der Waals surface area contributed by atoms with Gasteiger partial charge in [-0.1, -0.05) is 30.3 Å². The monoisotopic (exact) mass is 372 g/mol. The van der Waals surface area contributed by atoms with Crippen molar-refractivity contribution in [2.75, 3.05) is 25.6 Å². The summed E-state index contributed by atoms with van der Waals surface area (Å²) in [5, 5.41) is 6.67. The third-order valence-corrected chi connectivity index (χ3v) is 4.72. The van der Waals surface area contributed by atoms with Crippen LogP contribution >= 0.6 is 11.8 Å². The molecule has 0 unspecified atom stereocenters. The highest BCUT2D eigenvalue weighted by Gasteiger charge is 2.00. The number of pyridine rings is 1. The summed E-state index contributed by atoms with van der Waals surface area (Å²) in [5.41, 5.74) is 2.31. The molecule has 26 heavy (non-hydrogen) atoms. The van der Waals surface area contributed by atoms with Crippen LogP contribution in [0.3, 0.4) is 0 Å². The van der Waals surface area contributed by atoms with E-state index in [0.29, 0.717) is 6.54 Å². The van der Waals surface area contributed by atoms with E-state index < -0.39 is 0 Å². The molecule has 0 radical (unpaired) electrons. The first-order valence-electron chi connectivity index (χ1n) is 8.89. The number of benzene rings is 1. The van der Waals surface area contributed by atoms with Gasteiger partial charge in [0, 0.05) is 32.4 Å². The number of thioether (sulfide) groups is 1. The zero-order chi connectivity index (χ0) is 18.6. The quantitative estimate of drug-likeness (QED) is 0.404. The van der Waals surface area contributed by atoms with Crippen molar-refractivity contribution < 1.29 is 0 Å². The van der Waals surface area contributed by atoms with Gasteiger partial charge in [0.1, 0.15) is 0 Å². The molecule has 0 bridgehead atoms. The number of aliphatic imine (C=N–C) groups is 1. The van der Waals surface area contributed by atoms with E-state index in [2.05, 4.69) is 46.1 Å². The van der Waals surface area contributed by atoms with E-state index in [1.807, 2.05) is 24.0 Å². The molecule has 0 aliphatic rings. The van der Waals surface area contributed by atoms with Gasteiger partial charge in [0.2, 0.25) is 0 Å². The third-order valence-electron chi connectivity index (χ3n) is 4.03. The SMILES string of the molecule is CN=C(NCCCCSC)NCc1ccc(Cn2ccccc2=O)cc1. The Morgan fingerprint density at radius 1 is 1.08 bits per heavy atom. The lowest BCUT2D eigenvalue weighted by molar-refractivity contribution is 0.732. The second-order valence-corrected chi connectivity index (χ2v) is 7.02. The Morgan fingerprint density at radius 2 is 1.85 bits per heavy atom. The zero-order valence-corrected chi connectivity index (χ0v) is 16.4. The number of unbranched alkanes of at least 4 members (excludes halogenated alkanes) is 1. The molecule has 2 N–H and O–H groups in total. The van der Waals surface area contributed by atoms with Gasteiger partial charge < -0.3 is 15.2 Å². The number of nitrogens with zero attached hydrogens (tertiary/aromatic N) is 2. The van der Waals surface area contributed by atoms with Crippen LogP contribution in [0.1, 0.15) is 24.0 Å². The Balaban J connectivity index is 1.79. The van der Waals surface area contributed by atoms with Gasteiger partial charge in [-0.2, -0.15) is 11.8 Å². The van der Waals surface area contributed by atoms with Crippen LogP contribution in [-0.2, 0) is 13.1 Å². The molecule has 0 saturated heterocycles. The standard InChI is InChI=1S/C20H28N4OS/c1-21-20(22-12-4-6-14-26-2)23-15-17-8-10-18(11-9-17)16-24-13-5-3-7-19(24)25/h3,5,7-11,13H,4,6,12,14-16H2,1-2H3,(H2,21,22,23). The molecule has 0 fully saturated rings. The van der Waals surface area contributed by atoms with E-state index in [-0.39, 0.29) is 5.56 Å². The van der Waals surface area contributed by atoms with Gasteiger partial charge in [0.05, 0.1) is 6.54 Å². The minimum Gasteiger partial charge on any atom is -0.356 e. The molecule has 1 aromatic carbocycles. The van der Waals surface area contributed by atoms with Crippen molar-refractivity contribution in [1.82, 2.24) is 15.2 Å². The molecule has 5 nitrogen and oxygen atoms in total. The minimum atomic E-state index is 0.0191. The maximum Gasteiger partial charge on any atom is 0.250 e. The largest absolute Gasteiger partial charge is 0.356 e. The first-order chi connectivity index (χ1) is 12.7. The maximum absolute atomic E-state index is 11.8. The Kier molecular flexibility index (Phi) is 8.83. The van der Waals surface area contributed by atoms with Crippen LogP contribution in [0.15, 0.2) is 58.4 Å². The van der Waals surface area contributed by atoms with Gasteiger partial charge in [-0.15, -0.1) is 0 Å². The van der Waals surface area contributed by atoms with Crippen LogP contribution in [0, 0.1) is 0 Å². The molecule has 0 aliphatic heterocycles. The Bertz CT molecular complexity index is 740. The molecule has 0 spiro atoms. The van der Waals surface area contributed by atoms with Gasteiger partial charge >= 0.3 is 0 Å². The molecule has 1 heterocycles. The van der Waals surface area contributed by atoms with Gasteiger partial charge in [0.25, 0.3) is 5.56 Å². The normalized spacial score (nSPS) is 11.4. The lowest BCUT2D eigenvalue weighted by Gasteiger charge is -2.12. The number of rotatable bonds is 9. The smallest absolute Gasteiger partial charge is 0.250 e. The highest BCUT2D eigenvalue weighted by Crippen LogP contribution is 2.05. The third kappa shape index (κ3) is 6.96. The van der Waals surface area contributed by atoms with Crippen LogP contribution in [0.25, 0.3) is 0 Å². The van der Waals surface area contributed by atoms with Gasteiger partial charge in [0.15, 0.2) is 5.96 Å². The molecule has 1 aromatic heterocycles. The van der Waals surface area contributed by atoms with Crippen molar-refractivity contribution in [3.63, 3.8) is 0 Å². The van der Waals surface area contributed by atoms with Crippen molar-refractivity contribution in [3.8, 4) is 0 Å². The van der Waals surface area contributed by atoms with E-state index in [1.54, 1.807) is 23.7 Å². The van der Waals surface area contributed by atoms with E-state index in [9.17, 15) is 4.79 Å². The fraction of sp³-hybridized carbons (Fsp3) is 0.400. The summed E-state index contributed by atoms with van der Waals surface area (Å²) >= 11 is 1.88. The molecule has 0 amide bonds. The van der Waals surface area contributed by atoms with Crippen molar-refractivity contribution >= 4 is 17.7 Å². The van der Waals surface area contributed by atoms with E-state index in [1.165, 1.54) is 17.7 Å². The minimum absolute atomic E-state index is 0.0191. The van der Waals surface area contributed by atoms with E-state index >= 15 is 0 Å². The van der Waals surface area contributed by atoms with E-state index in [4.69, 9.17) is 0 Å². The average Bonchev–Trinajstić information content (AvgIpc) is 2.67. The van der Waals surface area contributed by atoms with Crippen LogP contribution in [-0.4, -0.2) is 36.1 Å². The number of hydrogen-bond donors (Lipinski definition) is 2. The fourth-order valence-corrected chi connectivity index (χ4v) is 3.03. The van der Waals surface area contributed by atoms with Crippen LogP contribution < -0.4 is 16.2 Å². The fourth-order valence-electron chi connectivity index (χ4n) is 2.54. The lowest BCUT2D eigenvalue weighted by atomic mass is 10.1. The molecule has 6 heteroatoms. The predicted octanol–water partition coefficient (Wildman–Crippen LogP) is 2.70. The first kappa shape index (κ1) is 20.1. The Labute approximate surface area is 159 Å². The lowest BCUT2D eigenvalue weighted by Crippen LogP contribution is -2.37. The topological polar surface area (TPSA) is 58.4 Å². The summed E-state index contributed by atoms with van der Waals surface area (Å²) in [6.45, 7) is 2.24. The summed E-state index contributed by atoms with van der Waals surface area (Å²) in [5.74, 6) is 2.03. The Morgan fingerprint density at radius 3 is 2.54 bits per heavy atom. The van der Waals surface area contributed by atoms with Gasteiger partial charge in [-0.25, -0.2) is 0 Å². The molecule has 2 aromatic rings. The average molecular weight is 373 g/mol. The molecule has 2 rings (SSSR count). The molecule has 0 atom stereocenters. The van der Waals surface area contributed by atoms with E-state index in [0.717, 1.165) is 31.0 Å². The zero-order valence-electron chi connectivity index (χ0n) is 15.6. The van der Waals surface area contributed by atoms with Crippen LogP contribution in [0.4, 0.5) is 0 Å². The summed E-state index contributed by atoms with van der Waals surface area (Å²) in [4.78, 5) is 16.0. The van der Waals surface area contributed by atoms with Crippen molar-refractivity contribution in [2.24, 2.45) is 4.99 Å². The Hall–Kier alpha value is -2.21. The summed E-state index contributed by atoms with van der Waals surface area (Å²) in [6.07, 6.45) is 6.32. The van der Waals surface area contributed by atoms with Gasteiger partial charge in [-0.05, 0) is 42.0 Å². The van der Waals surface area contributed by atoms with Gasteiger partial charge in [-0.3, -0.25) is 9.79 Å². The van der Waals surface area contributed by atoms with Crippen molar-refractivity contribution in [3.05, 3.63) is 70.1 Å². The number of guanidine groups is 1. The second kappa shape index (κ2) is 11.4. The maximum atomic E-state index is 11.8. The molecule has 0 aliphatic carbocycles. The molecule has 0 saturated carbocycles. The summed E-state index contributed by atoms with van der Waals surface area (Å²) in [7, 11) is 1.79.